The van der Waals surface area contributed by atoms with Crippen LogP contribution in [0.4, 0.5) is 0 Å². The van der Waals surface area contributed by atoms with Crippen LogP contribution in [0.5, 0.6) is 0 Å². The molecule has 5 nitrogen and oxygen atoms in total. The molecule has 0 saturated carbocycles. The number of nitrogens with one attached hydrogen (secondary N) is 1. The highest BCUT2D eigenvalue weighted by Crippen LogP contribution is 2.25. The third-order valence-corrected chi connectivity index (χ3v) is 4.46. The highest BCUT2D eigenvalue weighted by molar-refractivity contribution is 9.10. The number of rotatable bonds is 7. The molecule has 1 atom stereocenters. The molecule has 0 aliphatic carbocycles. The van der Waals surface area contributed by atoms with Crippen molar-refractivity contribution in [3.8, 4) is 0 Å². The first-order valence-corrected chi connectivity index (χ1v) is 8.17. The zero-order valence-electron chi connectivity index (χ0n) is 12.8. The lowest BCUT2D eigenvalue weighted by Gasteiger charge is -2.18. The van der Waals surface area contributed by atoms with E-state index in [2.05, 4.69) is 54.8 Å². The van der Waals surface area contributed by atoms with Gasteiger partial charge in [-0.1, -0.05) is 6.92 Å². The van der Waals surface area contributed by atoms with Crippen molar-refractivity contribution in [3.63, 3.8) is 0 Å². The summed E-state index contributed by atoms with van der Waals surface area (Å²) < 4.78 is 3.15. The van der Waals surface area contributed by atoms with Crippen molar-refractivity contribution in [2.24, 2.45) is 0 Å². The Kier molecular flexibility index (Phi) is 5.87. The zero-order valence-corrected chi connectivity index (χ0v) is 14.4. The summed E-state index contributed by atoms with van der Waals surface area (Å²) in [6, 6.07) is 0.149. The first-order chi connectivity index (χ1) is 10.2. The fraction of sp³-hybridized carbons (Fsp3) is 0.533. The molecule has 0 aromatic carbocycles. The van der Waals surface area contributed by atoms with Crippen LogP contribution >= 0.6 is 15.9 Å². The first-order valence-electron chi connectivity index (χ1n) is 7.38. The predicted octanol–water partition coefficient (Wildman–Crippen LogP) is 3.05. The monoisotopic (exact) mass is 351 g/mol. The molecule has 0 bridgehead atoms. The van der Waals surface area contributed by atoms with Crippen LogP contribution in [0.25, 0.3) is 0 Å². The van der Waals surface area contributed by atoms with Crippen molar-refractivity contribution < 1.29 is 0 Å². The van der Waals surface area contributed by atoms with Gasteiger partial charge in [-0.3, -0.25) is 14.6 Å². The molecule has 2 aromatic heterocycles. The maximum Gasteiger partial charge on any atom is 0.0760 e. The molecule has 2 rings (SSSR count). The predicted molar refractivity (Wildman–Crippen MR) is 87.1 cm³/mol. The molecule has 0 fully saturated rings. The highest BCUT2D eigenvalue weighted by Gasteiger charge is 2.19. The van der Waals surface area contributed by atoms with E-state index in [4.69, 9.17) is 0 Å². The number of aromatic nitrogens is 4. The van der Waals surface area contributed by atoms with Gasteiger partial charge in [-0.2, -0.15) is 5.10 Å². The van der Waals surface area contributed by atoms with Crippen molar-refractivity contribution in [2.75, 3.05) is 6.54 Å². The zero-order chi connectivity index (χ0) is 15.2. The van der Waals surface area contributed by atoms with Crippen LogP contribution in [-0.2, 0) is 13.0 Å². The lowest BCUT2D eigenvalue weighted by atomic mass is 10.1. The van der Waals surface area contributed by atoms with E-state index in [1.54, 1.807) is 12.4 Å². The van der Waals surface area contributed by atoms with Gasteiger partial charge in [-0.15, -0.1) is 0 Å². The minimum atomic E-state index is 0.149. The summed E-state index contributed by atoms with van der Waals surface area (Å²) >= 11 is 3.66. The highest BCUT2D eigenvalue weighted by atomic mass is 79.9. The van der Waals surface area contributed by atoms with Gasteiger partial charge in [-0.25, -0.2) is 0 Å². The maximum absolute atomic E-state index is 4.56. The second kappa shape index (κ2) is 7.66. The Morgan fingerprint density at radius 1 is 1.33 bits per heavy atom. The smallest absolute Gasteiger partial charge is 0.0760 e. The SMILES string of the molecule is CCCNC(Cc1c(Br)c(C)nn1CC)c1cnccn1. The summed E-state index contributed by atoms with van der Waals surface area (Å²) in [4.78, 5) is 8.64. The summed E-state index contributed by atoms with van der Waals surface area (Å²) in [6.07, 6.45) is 7.21. The second-order valence-corrected chi connectivity index (χ2v) is 5.80. The molecular formula is C15H22BrN5. The van der Waals surface area contributed by atoms with E-state index in [9.17, 15) is 0 Å². The Morgan fingerprint density at radius 2 is 2.14 bits per heavy atom. The van der Waals surface area contributed by atoms with Crippen molar-refractivity contribution in [3.05, 3.63) is 40.1 Å². The van der Waals surface area contributed by atoms with Gasteiger partial charge in [0.25, 0.3) is 0 Å². The van der Waals surface area contributed by atoms with Crippen LogP contribution in [0.1, 0.15) is 43.4 Å². The minimum absolute atomic E-state index is 0.149. The van der Waals surface area contributed by atoms with Crippen LogP contribution in [-0.4, -0.2) is 26.3 Å². The number of aryl methyl sites for hydroxylation is 2. The molecule has 0 spiro atoms. The Labute approximate surface area is 134 Å². The molecule has 2 aromatic rings. The molecule has 0 aliphatic rings. The van der Waals surface area contributed by atoms with Crippen LogP contribution in [0.15, 0.2) is 23.1 Å². The summed E-state index contributed by atoms with van der Waals surface area (Å²) in [7, 11) is 0. The molecule has 1 unspecified atom stereocenters. The van der Waals surface area contributed by atoms with Crippen LogP contribution < -0.4 is 5.32 Å². The van der Waals surface area contributed by atoms with Crippen molar-refractivity contribution in [1.29, 1.82) is 0 Å². The van der Waals surface area contributed by atoms with E-state index in [-0.39, 0.29) is 6.04 Å². The van der Waals surface area contributed by atoms with Gasteiger partial charge in [0.1, 0.15) is 0 Å². The van der Waals surface area contributed by atoms with Gasteiger partial charge < -0.3 is 5.32 Å². The molecule has 0 aliphatic heterocycles. The maximum atomic E-state index is 4.56. The molecule has 2 heterocycles. The van der Waals surface area contributed by atoms with Crippen LogP contribution in [0, 0.1) is 6.92 Å². The summed E-state index contributed by atoms with van der Waals surface area (Å²) in [5.74, 6) is 0. The van der Waals surface area contributed by atoms with Gasteiger partial charge in [0.05, 0.1) is 27.6 Å². The topological polar surface area (TPSA) is 55.6 Å². The third-order valence-electron chi connectivity index (χ3n) is 3.43. The van der Waals surface area contributed by atoms with Crippen LogP contribution in [0.3, 0.4) is 0 Å². The number of hydrogen-bond donors (Lipinski definition) is 1. The minimum Gasteiger partial charge on any atom is -0.308 e. The number of hydrogen-bond acceptors (Lipinski definition) is 4. The Hall–Kier alpha value is -1.27. The third kappa shape index (κ3) is 3.89. The second-order valence-electron chi connectivity index (χ2n) is 5.00. The summed E-state index contributed by atoms with van der Waals surface area (Å²) in [5, 5.41) is 8.12. The van der Waals surface area contributed by atoms with E-state index in [1.165, 1.54) is 5.69 Å². The Balaban J connectivity index is 2.27. The molecule has 6 heteroatoms. The Bertz CT molecular complexity index is 567. The van der Waals surface area contributed by atoms with Gasteiger partial charge in [0, 0.05) is 31.6 Å². The molecule has 0 radical (unpaired) electrons. The summed E-state index contributed by atoms with van der Waals surface area (Å²) in [6.45, 7) is 8.12. The quantitative estimate of drug-likeness (QED) is 0.832. The largest absolute Gasteiger partial charge is 0.308 e. The van der Waals surface area contributed by atoms with Crippen molar-refractivity contribution >= 4 is 15.9 Å². The molecule has 0 saturated heterocycles. The van der Waals surface area contributed by atoms with Crippen molar-refractivity contribution in [2.45, 2.75) is 46.2 Å². The normalized spacial score (nSPS) is 12.6. The standard InChI is InChI=1S/C15H22BrN5/c1-4-6-18-12(13-10-17-7-8-19-13)9-14-15(16)11(3)20-21(14)5-2/h7-8,10,12,18H,4-6,9H2,1-3H3. The van der Waals surface area contributed by atoms with E-state index in [1.807, 2.05) is 13.1 Å². The lowest BCUT2D eigenvalue weighted by Crippen LogP contribution is -2.26. The van der Waals surface area contributed by atoms with Gasteiger partial charge >= 0.3 is 0 Å². The molecular weight excluding hydrogens is 330 g/mol. The van der Waals surface area contributed by atoms with Gasteiger partial charge in [0.2, 0.25) is 0 Å². The van der Waals surface area contributed by atoms with Gasteiger partial charge in [0.15, 0.2) is 0 Å². The van der Waals surface area contributed by atoms with Crippen LogP contribution in [0.2, 0.25) is 0 Å². The average molecular weight is 352 g/mol. The molecule has 21 heavy (non-hydrogen) atoms. The fourth-order valence-corrected chi connectivity index (χ4v) is 2.79. The average Bonchev–Trinajstić information content (AvgIpc) is 2.79. The van der Waals surface area contributed by atoms with Crippen molar-refractivity contribution in [1.82, 2.24) is 25.1 Å². The van der Waals surface area contributed by atoms with E-state index >= 15 is 0 Å². The summed E-state index contributed by atoms with van der Waals surface area (Å²) in [5.41, 5.74) is 3.20. The fourth-order valence-electron chi connectivity index (χ4n) is 2.35. The Morgan fingerprint density at radius 3 is 2.76 bits per heavy atom. The first kappa shape index (κ1) is 16.1. The number of halogens is 1. The van der Waals surface area contributed by atoms with E-state index < -0.39 is 0 Å². The molecule has 114 valence electrons. The lowest BCUT2D eigenvalue weighted by molar-refractivity contribution is 0.491. The number of nitrogens with zero attached hydrogens (tertiary/aromatic N) is 4. The van der Waals surface area contributed by atoms with E-state index in [0.29, 0.717) is 0 Å². The molecule has 1 N–H and O–H groups in total. The van der Waals surface area contributed by atoms with Gasteiger partial charge in [-0.05, 0) is 42.7 Å². The molecule has 0 amide bonds. The van der Waals surface area contributed by atoms with E-state index in [0.717, 1.165) is 41.8 Å².